The van der Waals surface area contributed by atoms with E-state index in [0.29, 0.717) is 24.4 Å². The second-order valence-electron chi connectivity index (χ2n) is 7.08. The zero-order chi connectivity index (χ0) is 21.1. The van der Waals surface area contributed by atoms with Gasteiger partial charge in [-0.1, -0.05) is 34.1 Å². The van der Waals surface area contributed by atoms with Crippen LogP contribution in [0.5, 0.6) is 11.5 Å². The molecule has 5 nitrogen and oxygen atoms in total. The molecule has 1 heterocycles. The number of carbonyl (C=O) groups is 2. The number of rotatable bonds is 4. The minimum absolute atomic E-state index is 0.0940. The van der Waals surface area contributed by atoms with Crippen LogP contribution in [0.15, 0.2) is 83.3 Å². The van der Waals surface area contributed by atoms with Gasteiger partial charge in [0, 0.05) is 28.8 Å². The van der Waals surface area contributed by atoms with Crippen molar-refractivity contribution in [3.05, 3.63) is 88.9 Å². The molecule has 3 aromatic carbocycles. The summed E-state index contributed by atoms with van der Waals surface area (Å²) in [6.07, 6.45) is 0. The van der Waals surface area contributed by atoms with E-state index in [4.69, 9.17) is 4.74 Å². The lowest BCUT2D eigenvalue weighted by atomic mass is 10.1. The molecule has 4 rings (SSSR count). The van der Waals surface area contributed by atoms with Crippen LogP contribution < -0.4 is 9.64 Å². The van der Waals surface area contributed by atoms with Crippen LogP contribution in [-0.4, -0.2) is 35.8 Å². The third-order valence-electron chi connectivity index (χ3n) is 5.13. The van der Waals surface area contributed by atoms with Gasteiger partial charge in [0.15, 0.2) is 0 Å². The summed E-state index contributed by atoms with van der Waals surface area (Å²) in [5, 5.41) is 0. The smallest absolute Gasteiger partial charge is 0.254 e. The molecule has 1 aliphatic heterocycles. The number of carbonyl (C=O) groups excluding carboxylic acids is 2. The van der Waals surface area contributed by atoms with Crippen molar-refractivity contribution in [2.24, 2.45) is 0 Å². The molecule has 0 saturated carbocycles. The molecule has 30 heavy (non-hydrogen) atoms. The zero-order valence-electron chi connectivity index (χ0n) is 16.5. The Morgan fingerprint density at radius 2 is 1.53 bits per heavy atom. The Morgan fingerprint density at radius 3 is 2.20 bits per heavy atom. The minimum Gasteiger partial charge on any atom is -0.457 e. The van der Waals surface area contributed by atoms with Gasteiger partial charge in [-0.05, 0) is 67.6 Å². The molecular weight excluding hydrogens is 444 g/mol. The van der Waals surface area contributed by atoms with Crippen molar-refractivity contribution < 1.29 is 14.3 Å². The Balaban J connectivity index is 1.45. The summed E-state index contributed by atoms with van der Waals surface area (Å²) in [6, 6.07) is 23.6. The van der Waals surface area contributed by atoms with Crippen LogP contribution in [0.1, 0.15) is 17.3 Å². The number of ether oxygens (including phenoxy) is 1. The van der Waals surface area contributed by atoms with E-state index in [1.807, 2.05) is 66.7 Å². The third-order valence-corrected chi connectivity index (χ3v) is 5.66. The normalized spacial score (nSPS) is 16.5. The molecular formula is C24H21BrN2O3. The molecule has 0 spiro atoms. The Bertz CT molecular complexity index is 1040. The SMILES string of the molecule is C[C@@H]1C(=O)N(c2ccc(Oc3ccccc3)cc2)CCN1C(=O)c1ccc(Br)cc1. The van der Waals surface area contributed by atoms with Crippen molar-refractivity contribution in [2.75, 3.05) is 18.0 Å². The molecule has 152 valence electrons. The van der Waals surface area contributed by atoms with Crippen molar-refractivity contribution in [1.29, 1.82) is 0 Å². The van der Waals surface area contributed by atoms with Gasteiger partial charge in [-0.15, -0.1) is 0 Å². The maximum atomic E-state index is 13.0. The number of benzene rings is 3. The number of piperazine rings is 1. The van der Waals surface area contributed by atoms with E-state index in [9.17, 15) is 9.59 Å². The van der Waals surface area contributed by atoms with Gasteiger partial charge in [0.05, 0.1) is 0 Å². The average Bonchev–Trinajstić information content (AvgIpc) is 2.77. The van der Waals surface area contributed by atoms with Gasteiger partial charge in [-0.25, -0.2) is 0 Å². The van der Waals surface area contributed by atoms with Crippen LogP contribution in [0, 0.1) is 0 Å². The van der Waals surface area contributed by atoms with Crippen molar-refractivity contribution in [3.63, 3.8) is 0 Å². The number of para-hydroxylation sites is 1. The van der Waals surface area contributed by atoms with Gasteiger partial charge < -0.3 is 14.5 Å². The summed E-state index contributed by atoms with van der Waals surface area (Å²) in [5.74, 6) is 1.24. The molecule has 1 saturated heterocycles. The topological polar surface area (TPSA) is 49.9 Å². The van der Waals surface area contributed by atoms with E-state index in [2.05, 4.69) is 15.9 Å². The van der Waals surface area contributed by atoms with Gasteiger partial charge in [0.1, 0.15) is 17.5 Å². The maximum Gasteiger partial charge on any atom is 0.254 e. The first kappa shape index (κ1) is 20.2. The lowest BCUT2D eigenvalue weighted by Gasteiger charge is -2.39. The molecule has 0 bridgehead atoms. The fraction of sp³-hybridized carbons (Fsp3) is 0.167. The van der Waals surface area contributed by atoms with Crippen LogP contribution in [0.25, 0.3) is 0 Å². The van der Waals surface area contributed by atoms with Gasteiger partial charge in [-0.3, -0.25) is 9.59 Å². The number of halogens is 1. The number of amides is 2. The average molecular weight is 465 g/mol. The summed E-state index contributed by atoms with van der Waals surface area (Å²) in [5.41, 5.74) is 1.37. The third kappa shape index (κ3) is 4.24. The van der Waals surface area contributed by atoms with Crippen molar-refractivity contribution >= 4 is 33.4 Å². The molecule has 1 aliphatic rings. The molecule has 0 N–H and O–H groups in total. The molecule has 0 aliphatic carbocycles. The van der Waals surface area contributed by atoms with Gasteiger partial charge in [0.25, 0.3) is 5.91 Å². The first-order valence-electron chi connectivity index (χ1n) is 9.74. The summed E-state index contributed by atoms with van der Waals surface area (Å²) < 4.78 is 6.72. The van der Waals surface area contributed by atoms with E-state index in [-0.39, 0.29) is 11.8 Å². The van der Waals surface area contributed by atoms with Crippen LogP contribution >= 0.6 is 15.9 Å². The van der Waals surface area contributed by atoms with E-state index >= 15 is 0 Å². The quantitative estimate of drug-likeness (QED) is 0.538. The van der Waals surface area contributed by atoms with Crippen LogP contribution in [0.4, 0.5) is 5.69 Å². The Labute approximate surface area is 184 Å². The fourth-order valence-electron chi connectivity index (χ4n) is 3.48. The summed E-state index contributed by atoms with van der Waals surface area (Å²) >= 11 is 3.37. The summed E-state index contributed by atoms with van der Waals surface area (Å²) in [6.45, 7) is 2.70. The molecule has 3 aromatic rings. The van der Waals surface area contributed by atoms with Crippen molar-refractivity contribution in [1.82, 2.24) is 4.90 Å². The van der Waals surface area contributed by atoms with Crippen molar-refractivity contribution in [2.45, 2.75) is 13.0 Å². The highest BCUT2D eigenvalue weighted by atomic mass is 79.9. The largest absolute Gasteiger partial charge is 0.457 e. The molecule has 1 fully saturated rings. The lowest BCUT2D eigenvalue weighted by molar-refractivity contribution is -0.124. The highest BCUT2D eigenvalue weighted by molar-refractivity contribution is 9.10. The molecule has 2 amide bonds. The number of hydrogen-bond acceptors (Lipinski definition) is 3. The van der Waals surface area contributed by atoms with Crippen molar-refractivity contribution in [3.8, 4) is 11.5 Å². The van der Waals surface area contributed by atoms with E-state index in [1.165, 1.54) is 0 Å². The van der Waals surface area contributed by atoms with E-state index < -0.39 is 6.04 Å². The van der Waals surface area contributed by atoms with E-state index in [0.717, 1.165) is 15.9 Å². The van der Waals surface area contributed by atoms with Crippen LogP contribution in [0.3, 0.4) is 0 Å². The molecule has 0 radical (unpaired) electrons. The molecule has 1 atom stereocenters. The first-order valence-corrected chi connectivity index (χ1v) is 10.5. The zero-order valence-corrected chi connectivity index (χ0v) is 18.1. The van der Waals surface area contributed by atoms with Gasteiger partial charge >= 0.3 is 0 Å². The van der Waals surface area contributed by atoms with Crippen LogP contribution in [-0.2, 0) is 4.79 Å². The standard InChI is InChI=1S/C24H21BrN2O3/c1-17-23(28)27(16-15-26(17)24(29)18-7-9-19(25)10-8-18)20-11-13-22(14-12-20)30-21-5-3-2-4-6-21/h2-14,17H,15-16H2,1H3/t17-/m1/s1. The lowest BCUT2D eigenvalue weighted by Crippen LogP contribution is -2.57. The number of hydrogen-bond donors (Lipinski definition) is 0. The van der Waals surface area contributed by atoms with Crippen LogP contribution in [0.2, 0.25) is 0 Å². The Morgan fingerprint density at radius 1 is 0.900 bits per heavy atom. The molecule has 0 unspecified atom stereocenters. The molecule has 6 heteroatoms. The second-order valence-corrected chi connectivity index (χ2v) is 8.00. The number of anilines is 1. The minimum atomic E-state index is -0.532. The predicted molar refractivity (Wildman–Crippen MR) is 120 cm³/mol. The Hall–Kier alpha value is -3.12. The number of nitrogens with zero attached hydrogens (tertiary/aromatic N) is 2. The highest BCUT2D eigenvalue weighted by Crippen LogP contribution is 2.27. The highest BCUT2D eigenvalue weighted by Gasteiger charge is 2.35. The predicted octanol–water partition coefficient (Wildman–Crippen LogP) is 5.12. The monoisotopic (exact) mass is 464 g/mol. The molecule has 0 aromatic heterocycles. The second kappa shape index (κ2) is 8.71. The van der Waals surface area contributed by atoms with E-state index in [1.54, 1.807) is 28.9 Å². The van der Waals surface area contributed by atoms with Gasteiger partial charge in [-0.2, -0.15) is 0 Å². The fourth-order valence-corrected chi connectivity index (χ4v) is 3.75. The summed E-state index contributed by atoms with van der Waals surface area (Å²) in [4.78, 5) is 29.2. The Kier molecular flexibility index (Phi) is 5.86. The first-order chi connectivity index (χ1) is 14.5. The summed E-state index contributed by atoms with van der Waals surface area (Å²) in [7, 11) is 0. The van der Waals surface area contributed by atoms with Gasteiger partial charge in [0.2, 0.25) is 5.91 Å². The maximum absolute atomic E-state index is 13.0.